The number of carbonyl (C=O) groups is 2. The molecule has 1 aliphatic heterocycles. The molecule has 1 saturated heterocycles. The van der Waals surface area contributed by atoms with Crippen LogP contribution in [0, 0.1) is 18.8 Å². The van der Waals surface area contributed by atoms with Crippen molar-refractivity contribution >= 4 is 28.7 Å². The van der Waals surface area contributed by atoms with Gasteiger partial charge in [-0.2, -0.15) is 0 Å². The zero-order valence-electron chi connectivity index (χ0n) is 16.3. The first kappa shape index (κ1) is 20.6. The molecule has 3 heterocycles. The average Bonchev–Trinajstić information content (AvgIpc) is 3.06. The molecule has 0 saturated carbocycles. The number of amides is 2. The van der Waals surface area contributed by atoms with Gasteiger partial charge in [0.2, 0.25) is 0 Å². The van der Waals surface area contributed by atoms with E-state index in [9.17, 15) is 9.59 Å². The molecule has 29 heavy (non-hydrogen) atoms. The molecule has 8 nitrogen and oxygen atoms in total. The van der Waals surface area contributed by atoms with E-state index in [0.29, 0.717) is 37.7 Å². The van der Waals surface area contributed by atoms with Crippen LogP contribution in [0.3, 0.4) is 0 Å². The molecule has 0 radical (unpaired) electrons. The Labute approximate surface area is 173 Å². The molecule has 0 spiro atoms. The molecule has 2 aromatic rings. The Morgan fingerprint density at radius 1 is 1.28 bits per heavy atom. The Kier molecular flexibility index (Phi) is 7.03. The number of anilines is 1. The molecule has 0 aromatic carbocycles. The minimum atomic E-state index is -0.554. The van der Waals surface area contributed by atoms with E-state index in [2.05, 4.69) is 27.1 Å². The summed E-state index contributed by atoms with van der Waals surface area (Å²) in [6.07, 6.45) is 3.40. The van der Waals surface area contributed by atoms with E-state index in [1.165, 1.54) is 11.3 Å². The van der Waals surface area contributed by atoms with Crippen LogP contribution in [0.2, 0.25) is 0 Å². The van der Waals surface area contributed by atoms with Crippen LogP contribution >= 0.6 is 11.3 Å². The van der Waals surface area contributed by atoms with Crippen molar-refractivity contribution in [3.63, 3.8) is 0 Å². The van der Waals surface area contributed by atoms with Crippen molar-refractivity contribution < 1.29 is 19.1 Å². The number of carbonyl (C=O) groups excluding carboxylic acids is 2. The number of likely N-dealkylation sites (tertiary alicyclic amines) is 1. The van der Waals surface area contributed by atoms with Crippen molar-refractivity contribution in [2.45, 2.75) is 32.8 Å². The first-order chi connectivity index (χ1) is 14.0. The molecule has 3 rings (SSSR count). The summed E-state index contributed by atoms with van der Waals surface area (Å²) >= 11 is 1.30. The fourth-order valence-corrected chi connectivity index (χ4v) is 3.57. The Morgan fingerprint density at radius 2 is 2.00 bits per heavy atom. The molecule has 2 aromatic heterocycles. The highest BCUT2D eigenvalue weighted by atomic mass is 32.1. The van der Waals surface area contributed by atoms with E-state index in [1.54, 1.807) is 24.2 Å². The maximum Gasteiger partial charge on any atom is 0.413 e. The predicted octanol–water partition coefficient (Wildman–Crippen LogP) is 3.42. The highest BCUT2D eigenvalue weighted by molar-refractivity contribution is 7.16. The maximum absolute atomic E-state index is 12.2. The third kappa shape index (κ3) is 5.93. The fraction of sp³-hybridized carbons (Fsp3) is 0.400. The minimum absolute atomic E-state index is 0.243. The highest BCUT2D eigenvalue weighted by Gasteiger charge is 2.26. The lowest BCUT2D eigenvalue weighted by Crippen LogP contribution is -2.42. The van der Waals surface area contributed by atoms with Gasteiger partial charge in [-0.25, -0.2) is 14.6 Å². The molecule has 0 bridgehead atoms. The molecule has 152 valence electrons. The number of rotatable bonds is 3. The van der Waals surface area contributed by atoms with Gasteiger partial charge in [0.15, 0.2) is 5.13 Å². The van der Waals surface area contributed by atoms with Crippen molar-refractivity contribution in [2.24, 2.45) is 0 Å². The van der Waals surface area contributed by atoms with Gasteiger partial charge in [0.05, 0.1) is 12.3 Å². The second-order valence-corrected chi connectivity index (χ2v) is 7.33. The monoisotopic (exact) mass is 414 g/mol. The van der Waals surface area contributed by atoms with Gasteiger partial charge in [0.25, 0.3) is 0 Å². The van der Waals surface area contributed by atoms with E-state index in [0.717, 1.165) is 16.1 Å². The van der Waals surface area contributed by atoms with Gasteiger partial charge in [-0.3, -0.25) is 10.3 Å². The number of pyridine rings is 1. The van der Waals surface area contributed by atoms with Gasteiger partial charge in [-0.1, -0.05) is 17.3 Å². The first-order valence-electron chi connectivity index (χ1n) is 9.34. The average molecular weight is 414 g/mol. The maximum atomic E-state index is 12.2. The third-order valence-electron chi connectivity index (χ3n) is 4.25. The van der Waals surface area contributed by atoms with Crippen LogP contribution in [0.25, 0.3) is 0 Å². The van der Waals surface area contributed by atoms with E-state index < -0.39 is 6.09 Å². The van der Waals surface area contributed by atoms with E-state index in [4.69, 9.17) is 9.47 Å². The molecule has 1 N–H and O–H groups in total. The number of hydrogen-bond acceptors (Lipinski definition) is 7. The Hall–Kier alpha value is -3.12. The standard InChI is InChI=1S/C20H22N4O4S/c1-3-27-20(26)24-12-8-16(9-13-24)28-19(25)23-18-22-14(2)17(29-18)5-4-15-6-10-21-11-7-15/h6-7,10-11,16H,3,8-9,12-13H2,1-2H3,(H,22,23,25). The van der Waals surface area contributed by atoms with Crippen molar-refractivity contribution in [1.82, 2.24) is 14.9 Å². The number of piperidine rings is 1. The van der Waals surface area contributed by atoms with Crippen LogP contribution in [0.5, 0.6) is 0 Å². The fourth-order valence-electron chi connectivity index (χ4n) is 2.77. The van der Waals surface area contributed by atoms with E-state index in [-0.39, 0.29) is 12.2 Å². The van der Waals surface area contributed by atoms with Crippen molar-refractivity contribution in [3.8, 4) is 11.8 Å². The van der Waals surface area contributed by atoms with Gasteiger partial charge in [-0.05, 0) is 31.9 Å². The molecule has 0 aliphatic carbocycles. The molecular formula is C20H22N4O4S. The predicted molar refractivity (Wildman–Crippen MR) is 109 cm³/mol. The molecule has 1 aliphatic rings. The van der Waals surface area contributed by atoms with Gasteiger partial charge >= 0.3 is 12.2 Å². The van der Waals surface area contributed by atoms with Crippen LogP contribution in [0.1, 0.15) is 35.9 Å². The minimum Gasteiger partial charge on any atom is -0.450 e. The summed E-state index contributed by atoms with van der Waals surface area (Å²) in [4.78, 5) is 34.6. The largest absolute Gasteiger partial charge is 0.450 e. The lowest BCUT2D eigenvalue weighted by Gasteiger charge is -2.30. The number of nitrogens with zero attached hydrogens (tertiary/aromatic N) is 3. The number of aromatic nitrogens is 2. The summed E-state index contributed by atoms with van der Waals surface area (Å²) in [6, 6.07) is 3.65. The molecule has 1 fully saturated rings. The highest BCUT2D eigenvalue weighted by Crippen LogP contribution is 2.22. The Morgan fingerprint density at radius 3 is 2.69 bits per heavy atom. The second-order valence-electron chi connectivity index (χ2n) is 6.34. The number of aryl methyl sites for hydroxylation is 1. The molecule has 0 unspecified atom stereocenters. The first-order valence-corrected chi connectivity index (χ1v) is 10.2. The van der Waals surface area contributed by atoms with Crippen molar-refractivity contribution in [3.05, 3.63) is 40.7 Å². The lowest BCUT2D eigenvalue weighted by molar-refractivity contribution is 0.0490. The molecule has 2 amide bonds. The summed E-state index contributed by atoms with van der Waals surface area (Å²) in [5.41, 5.74) is 1.60. The van der Waals surface area contributed by atoms with Crippen LogP contribution in [-0.2, 0) is 9.47 Å². The SMILES string of the molecule is CCOC(=O)N1CCC(OC(=O)Nc2nc(C)c(C#Cc3ccncc3)s2)CC1. The van der Waals surface area contributed by atoms with Gasteiger partial charge < -0.3 is 14.4 Å². The Bertz CT molecular complexity index is 912. The summed E-state index contributed by atoms with van der Waals surface area (Å²) in [6.45, 7) is 4.97. The summed E-state index contributed by atoms with van der Waals surface area (Å²) in [5.74, 6) is 6.12. The number of ether oxygens (including phenoxy) is 2. The van der Waals surface area contributed by atoms with E-state index >= 15 is 0 Å². The molecular weight excluding hydrogens is 392 g/mol. The van der Waals surface area contributed by atoms with Crippen LogP contribution in [0.15, 0.2) is 24.5 Å². The van der Waals surface area contributed by atoms with Crippen molar-refractivity contribution in [2.75, 3.05) is 25.0 Å². The molecule has 9 heteroatoms. The van der Waals surface area contributed by atoms with Crippen molar-refractivity contribution in [1.29, 1.82) is 0 Å². The lowest BCUT2D eigenvalue weighted by atomic mass is 10.1. The summed E-state index contributed by atoms with van der Waals surface area (Å²) < 4.78 is 10.4. The second kappa shape index (κ2) is 9.89. The third-order valence-corrected chi connectivity index (χ3v) is 5.24. The van der Waals surface area contributed by atoms with Crippen LogP contribution < -0.4 is 5.32 Å². The van der Waals surface area contributed by atoms with Gasteiger partial charge in [-0.15, -0.1) is 0 Å². The smallest absolute Gasteiger partial charge is 0.413 e. The topological polar surface area (TPSA) is 93.6 Å². The zero-order valence-corrected chi connectivity index (χ0v) is 17.1. The normalized spacial score (nSPS) is 13.9. The summed E-state index contributed by atoms with van der Waals surface area (Å²) in [5, 5.41) is 3.11. The molecule has 0 atom stereocenters. The van der Waals surface area contributed by atoms with Crippen LogP contribution in [-0.4, -0.2) is 52.9 Å². The number of hydrogen-bond donors (Lipinski definition) is 1. The zero-order chi connectivity index (χ0) is 20.6. The number of thiazole rings is 1. The quantitative estimate of drug-likeness (QED) is 0.774. The Balaban J connectivity index is 1.50. The van der Waals surface area contributed by atoms with Gasteiger partial charge in [0, 0.05) is 43.9 Å². The summed E-state index contributed by atoms with van der Waals surface area (Å²) in [7, 11) is 0. The van der Waals surface area contributed by atoms with E-state index in [1.807, 2.05) is 19.1 Å². The number of nitrogens with one attached hydrogen (secondary N) is 1. The van der Waals surface area contributed by atoms with Crippen LogP contribution in [0.4, 0.5) is 14.7 Å². The van der Waals surface area contributed by atoms with Gasteiger partial charge in [0.1, 0.15) is 11.0 Å².